The lowest BCUT2D eigenvalue weighted by Crippen LogP contribution is -2.08. The summed E-state index contributed by atoms with van der Waals surface area (Å²) in [7, 11) is 0. The summed E-state index contributed by atoms with van der Waals surface area (Å²) in [6, 6.07) is 3.71. The molecule has 4 heteroatoms. The van der Waals surface area contributed by atoms with Gasteiger partial charge in [0.25, 0.3) is 0 Å². The summed E-state index contributed by atoms with van der Waals surface area (Å²) in [5.74, 6) is 0. The van der Waals surface area contributed by atoms with E-state index in [0.29, 0.717) is 12.0 Å². The Morgan fingerprint density at radius 1 is 1.21 bits per heavy atom. The Morgan fingerprint density at radius 3 is 2.29 bits per heavy atom. The number of halogens is 3. The lowest BCUT2D eigenvalue weighted by Gasteiger charge is -2.11. The highest BCUT2D eigenvalue weighted by Gasteiger charge is 2.30. The van der Waals surface area contributed by atoms with E-state index < -0.39 is 11.7 Å². The maximum atomic E-state index is 12.3. The Morgan fingerprint density at radius 2 is 1.86 bits per heavy atom. The number of aryl methyl sites for hydroxylation is 1. The van der Waals surface area contributed by atoms with E-state index in [2.05, 4.69) is 0 Å². The van der Waals surface area contributed by atoms with E-state index in [1.807, 2.05) is 6.92 Å². The highest BCUT2D eigenvalue weighted by atomic mass is 19.4. The van der Waals surface area contributed by atoms with Crippen molar-refractivity contribution >= 4 is 0 Å². The molecular formula is C10H12F3N. The molecule has 0 unspecified atom stereocenters. The molecule has 0 spiro atoms. The number of hydrogen-bond donors (Lipinski definition) is 1. The molecule has 0 saturated heterocycles. The van der Waals surface area contributed by atoms with Crippen LogP contribution < -0.4 is 5.73 Å². The van der Waals surface area contributed by atoms with Crippen molar-refractivity contribution in [2.75, 3.05) is 0 Å². The molecular weight excluding hydrogens is 191 g/mol. The van der Waals surface area contributed by atoms with E-state index >= 15 is 0 Å². The Labute approximate surface area is 80.7 Å². The fourth-order valence-electron chi connectivity index (χ4n) is 1.34. The molecule has 14 heavy (non-hydrogen) atoms. The summed E-state index contributed by atoms with van der Waals surface area (Å²) < 4.78 is 36.9. The number of alkyl halides is 3. The zero-order valence-electron chi connectivity index (χ0n) is 7.86. The van der Waals surface area contributed by atoms with Crippen LogP contribution in [0, 0.1) is 0 Å². The van der Waals surface area contributed by atoms with Crippen molar-refractivity contribution < 1.29 is 13.2 Å². The predicted molar refractivity (Wildman–Crippen MR) is 48.7 cm³/mol. The van der Waals surface area contributed by atoms with Crippen molar-refractivity contribution in [2.45, 2.75) is 26.1 Å². The third-order valence-corrected chi connectivity index (χ3v) is 2.13. The monoisotopic (exact) mass is 203 g/mol. The molecule has 1 nitrogen and oxygen atoms in total. The second-order valence-electron chi connectivity index (χ2n) is 3.04. The topological polar surface area (TPSA) is 26.0 Å². The van der Waals surface area contributed by atoms with Crippen molar-refractivity contribution in [1.82, 2.24) is 0 Å². The number of benzene rings is 1. The summed E-state index contributed by atoms with van der Waals surface area (Å²) in [5, 5.41) is 0. The van der Waals surface area contributed by atoms with Crippen LogP contribution in [-0.2, 0) is 19.1 Å². The van der Waals surface area contributed by atoms with Gasteiger partial charge >= 0.3 is 6.18 Å². The quantitative estimate of drug-likeness (QED) is 0.785. The molecule has 0 amide bonds. The van der Waals surface area contributed by atoms with Gasteiger partial charge < -0.3 is 5.73 Å². The highest BCUT2D eigenvalue weighted by Crippen LogP contribution is 2.30. The van der Waals surface area contributed by atoms with Crippen molar-refractivity contribution in [2.24, 2.45) is 5.73 Å². The van der Waals surface area contributed by atoms with Gasteiger partial charge in [-0.15, -0.1) is 0 Å². The van der Waals surface area contributed by atoms with Gasteiger partial charge in [0, 0.05) is 6.54 Å². The van der Waals surface area contributed by atoms with Crippen molar-refractivity contribution in [3.05, 3.63) is 34.9 Å². The maximum absolute atomic E-state index is 12.3. The van der Waals surface area contributed by atoms with Gasteiger partial charge in [-0.25, -0.2) is 0 Å². The molecule has 0 fully saturated rings. The molecule has 0 atom stereocenters. The third kappa shape index (κ3) is 2.26. The molecule has 1 rings (SSSR count). The average molecular weight is 203 g/mol. The second kappa shape index (κ2) is 4.00. The molecule has 0 saturated carbocycles. The van der Waals surface area contributed by atoms with Crippen LogP contribution in [0.25, 0.3) is 0 Å². The lowest BCUT2D eigenvalue weighted by molar-refractivity contribution is -0.137. The molecule has 0 aliphatic rings. The summed E-state index contributed by atoms with van der Waals surface area (Å²) in [4.78, 5) is 0. The highest BCUT2D eigenvalue weighted by molar-refractivity contribution is 5.33. The van der Waals surface area contributed by atoms with E-state index in [9.17, 15) is 13.2 Å². The van der Waals surface area contributed by atoms with E-state index in [0.717, 1.165) is 17.7 Å². The number of hydrogen-bond acceptors (Lipinski definition) is 1. The molecule has 1 aromatic rings. The molecule has 1 aromatic carbocycles. The molecule has 0 radical (unpaired) electrons. The van der Waals surface area contributed by atoms with Crippen LogP contribution in [0.5, 0.6) is 0 Å². The van der Waals surface area contributed by atoms with E-state index in [1.165, 1.54) is 6.07 Å². The molecule has 0 aliphatic heterocycles. The van der Waals surface area contributed by atoms with Gasteiger partial charge in [0.15, 0.2) is 0 Å². The van der Waals surface area contributed by atoms with Gasteiger partial charge in [-0.1, -0.05) is 13.0 Å². The predicted octanol–water partition coefficient (Wildman–Crippen LogP) is 2.73. The van der Waals surface area contributed by atoms with E-state index in [-0.39, 0.29) is 6.54 Å². The minimum atomic E-state index is -4.28. The summed E-state index contributed by atoms with van der Waals surface area (Å²) in [6.07, 6.45) is -3.58. The summed E-state index contributed by atoms with van der Waals surface area (Å²) in [6.45, 7) is 2.04. The smallest absolute Gasteiger partial charge is 0.326 e. The van der Waals surface area contributed by atoms with Crippen molar-refractivity contribution in [1.29, 1.82) is 0 Å². The molecule has 0 heterocycles. The first-order chi connectivity index (χ1) is 6.49. The standard InChI is InChI=1S/C10H12F3N/c1-2-7-3-4-9(10(11,12)13)5-8(7)6-14/h3-5H,2,6,14H2,1H3. The fourth-order valence-corrected chi connectivity index (χ4v) is 1.34. The maximum Gasteiger partial charge on any atom is 0.416 e. The Hall–Kier alpha value is -1.03. The molecule has 0 aromatic heterocycles. The van der Waals surface area contributed by atoms with Gasteiger partial charge in [0.05, 0.1) is 5.56 Å². The fraction of sp³-hybridized carbons (Fsp3) is 0.400. The number of nitrogens with two attached hydrogens (primary N) is 1. The van der Waals surface area contributed by atoms with Crippen LogP contribution >= 0.6 is 0 Å². The first-order valence-corrected chi connectivity index (χ1v) is 4.38. The summed E-state index contributed by atoms with van der Waals surface area (Å²) in [5.41, 5.74) is 6.19. The van der Waals surface area contributed by atoms with Crippen LogP contribution in [0.1, 0.15) is 23.6 Å². The molecule has 78 valence electrons. The van der Waals surface area contributed by atoms with Crippen molar-refractivity contribution in [3.8, 4) is 0 Å². The number of rotatable bonds is 2. The molecule has 0 bridgehead atoms. The van der Waals surface area contributed by atoms with Gasteiger partial charge in [-0.05, 0) is 29.7 Å². The van der Waals surface area contributed by atoms with Gasteiger partial charge in [0.2, 0.25) is 0 Å². The Bertz CT molecular complexity index is 318. The summed E-state index contributed by atoms with van der Waals surface area (Å²) >= 11 is 0. The second-order valence-corrected chi connectivity index (χ2v) is 3.04. The van der Waals surface area contributed by atoms with Crippen LogP contribution in [0.3, 0.4) is 0 Å². The van der Waals surface area contributed by atoms with Crippen molar-refractivity contribution in [3.63, 3.8) is 0 Å². The zero-order chi connectivity index (χ0) is 10.8. The minimum Gasteiger partial charge on any atom is -0.326 e. The lowest BCUT2D eigenvalue weighted by atomic mass is 10.0. The first-order valence-electron chi connectivity index (χ1n) is 4.38. The van der Waals surface area contributed by atoms with Gasteiger partial charge in [-0.2, -0.15) is 13.2 Å². The van der Waals surface area contributed by atoms with Gasteiger partial charge in [-0.3, -0.25) is 0 Å². The zero-order valence-corrected chi connectivity index (χ0v) is 7.86. The van der Waals surface area contributed by atoms with Gasteiger partial charge in [0.1, 0.15) is 0 Å². The Kier molecular flexibility index (Phi) is 3.16. The van der Waals surface area contributed by atoms with E-state index in [1.54, 1.807) is 0 Å². The average Bonchev–Trinajstić information content (AvgIpc) is 2.15. The molecule has 0 aliphatic carbocycles. The minimum absolute atomic E-state index is 0.146. The van der Waals surface area contributed by atoms with E-state index in [4.69, 9.17) is 5.73 Å². The SMILES string of the molecule is CCc1ccc(C(F)(F)F)cc1CN. The Balaban J connectivity index is 3.14. The van der Waals surface area contributed by atoms with Crippen LogP contribution in [0.4, 0.5) is 13.2 Å². The molecule has 2 N–H and O–H groups in total. The normalized spacial score (nSPS) is 11.8. The van der Waals surface area contributed by atoms with Crippen LogP contribution in [0.15, 0.2) is 18.2 Å². The van der Waals surface area contributed by atoms with Crippen LogP contribution in [-0.4, -0.2) is 0 Å². The van der Waals surface area contributed by atoms with Crippen LogP contribution in [0.2, 0.25) is 0 Å². The largest absolute Gasteiger partial charge is 0.416 e. The third-order valence-electron chi connectivity index (χ3n) is 2.13. The first kappa shape index (κ1) is 11.0.